The van der Waals surface area contributed by atoms with Gasteiger partial charge in [-0.3, -0.25) is 9.59 Å². The lowest BCUT2D eigenvalue weighted by atomic mass is 10.0. The zero-order valence-corrected chi connectivity index (χ0v) is 17.7. The van der Waals surface area contributed by atoms with Crippen LogP contribution < -0.4 is 14.8 Å². The van der Waals surface area contributed by atoms with E-state index in [1.165, 1.54) is 6.92 Å². The molecule has 0 aromatic heterocycles. The highest BCUT2D eigenvalue weighted by Crippen LogP contribution is 2.38. The Morgan fingerprint density at radius 2 is 1.87 bits per heavy atom. The summed E-state index contributed by atoms with van der Waals surface area (Å²) in [6, 6.07) is 12.7. The van der Waals surface area contributed by atoms with Crippen LogP contribution in [-0.4, -0.2) is 36.5 Å². The van der Waals surface area contributed by atoms with Crippen LogP contribution in [0.5, 0.6) is 11.5 Å². The number of ether oxygens (including phenoxy) is 2. The van der Waals surface area contributed by atoms with E-state index in [-0.39, 0.29) is 24.3 Å². The minimum absolute atomic E-state index is 0.00322. The van der Waals surface area contributed by atoms with Gasteiger partial charge in [-0.2, -0.15) is 0 Å². The maximum atomic E-state index is 13.2. The molecule has 0 bridgehead atoms. The highest BCUT2D eigenvalue weighted by molar-refractivity contribution is 6.30. The number of carbonyl (C=O) groups excluding carboxylic acids is 2. The number of halogens is 1. The molecule has 0 saturated carbocycles. The second-order valence-corrected chi connectivity index (χ2v) is 8.09. The first-order valence-electron chi connectivity index (χ1n) is 10.2. The van der Waals surface area contributed by atoms with Crippen LogP contribution in [0.1, 0.15) is 49.4 Å². The summed E-state index contributed by atoms with van der Waals surface area (Å²) in [5, 5.41) is 3.52. The van der Waals surface area contributed by atoms with Gasteiger partial charge in [-0.25, -0.2) is 0 Å². The van der Waals surface area contributed by atoms with Crippen LogP contribution in [0, 0.1) is 0 Å². The summed E-state index contributed by atoms with van der Waals surface area (Å²) in [7, 11) is 0. The summed E-state index contributed by atoms with van der Waals surface area (Å²) < 4.78 is 11.3. The number of rotatable bonds is 5. The minimum Gasteiger partial charge on any atom is -0.486 e. The Hall–Kier alpha value is -2.73. The van der Waals surface area contributed by atoms with E-state index in [2.05, 4.69) is 5.32 Å². The molecule has 2 aliphatic rings. The van der Waals surface area contributed by atoms with Crippen molar-refractivity contribution >= 4 is 23.4 Å². The third-order valence-corrected chi connectivity index (χ3v) is 5.80. The topological polar surface area (TPSA) is 67.9 Å². The number of fused-ring (bicyclic) bond motifs is 1. The Kier molecular flexibility index (Phi) is 6.13. The smallest absolute Gasteiger partial charge is 0.225 e. The molecule has 0 unspecified atom stereocenters. The van der Waals surface area contributed by atoms with Crippen molar-refractivity contribution in [2.75, 3.05) is 19.8 Å². The molecule has 1 N–H and O–H groups in total. The van der Waals surface area contributed by atoms with Crippen LogP contribution in [0.15, 0.2) is 42.5 Å². The lowest BCUT2D eigenvalue weighted by molar-refractivity contribution is -0.133. The SMILES string of the molecule is CC(=O)N[C@H](CC(=O)N1CCC[C@H]1c1ccc2c(c1)OCCO2)c1ccc(Cl)cc1. The first kappa shape index (κ1) is 20.5. The van der Waals surface area contributed by atoms with E-state index in [4.69, 9.17) is 21.1 Å². The van der Waals surface area contributed by atoms with Gasteiger partial charge in [0.25, 0.3) is 0 Å². The molecule has 2 heterocycles. The minimum atomic E-state index is -0.395. The molecule has 2 amide bonds. The van der Waals surface area contributed by atoms with Gasteiger partial charge in [0, 0.05) is 18.5 Å². The van der Waals surface area contributed by atoms with Crippen molar-refractivity contribution in [2.24, 2.45) is 0 Å². The number of benzene rings is 2. The fourth-order valence-corrected chi connectivity index (χ4v) is 4.29. The molecule has 6 nitrogen and oxygen atoms in total. The molecule has 4 rings (SSSR count). The number of carbonyl (C=O) groups is 2. The fourth-order valence-electron chi connectivity index (χ4n) is 4.16. The van der Waals surface area contributed by atoms with E-state index in [1.54, 1.807) is 12.1 Å². The van der Waals surface area contributed by atoms with Crippen LogP contribution in [0.3, 0.4) is 0 Å². The van der Waals surface area contributed by atoms with Gasteiger partial charge in [-0.1, -0.05) is 29.8 Å². The van der Waals surface area contributed by atoms with Gasteiger partial charge in [0.1, 0.15) is 13.2 Å². The number of hydrogen-bond donors (Lipinski definition) is 1. The molecular formula is C23H25ClN2O4. The molecule has 1 fully saturated rings. The molecule has 2 aliphatic heterocycles. The summed E-state index contributed by atoms with van der Waals surface area (Å²) >= 11 is 5.99. The molecule has 2 aromatic rings. The molecule has 1 saturated heterocycles. The third kappa shape index (κ3) is 4.54. The zero-order chi connectivity index (χ0) is 21.1. The molecule has 2 atom stereocenters. The van der Waals surface area contributed by atoms with Crippen LogP contribution in [0.2, 0.25) is 5.02 Å². The van der Waals surface area contributed by atoms with E-state index in [0.717, 1.165) is 35.5 Å². The Morgan fingerprint density at radius 3 is 2.60 bits per heavy atom. The average molecular weight is 429 g/mol. The van der Waals surface area contributed by atoms with Crippen molar-refractivity contribution in [1.82, 2.24) is 10.2 Å². The van der Waals surface area contributed by atoms with Gasteiger partial charge in [0.05, 0.1) is 18.5 Å². The van der Waals surface area contributed by atoms with Gasteiger partial charge in [0.2, 0.25) is 11.8 Å². The highest BCUT2D eigenvalue weighted by atomic mass is 35.5. The molecule has 0 radical (unpaired) electrons. The van der Waals surface area contributed by atoms with Gasteiger partial charge < -0.3 is 19.7 Å². The number of hydrogen-bond acceptors (Lipinski definition) is 4. The van der Waals surface area contributed by atoms with E-state index >= 15 is 0 Å². The number of nitrogens with one attached hydrogen (secondary N) is 1. The monoisotopic (exact) mass is 428 g/mol. The van der Waals surface area contributed by atoms with E-state index in [9.17, 15) is 9.59 Å². The summed E-state index contributed by atoms with van der Waals surface area (Å²) in [5.74, 6) is 1.32. The maximum Gasteiger partial charge on any atom is 0.225 e. The van der Waals surface area contributed by atoms with E-state index < -0.39 is 6.04 Å². The Morgan fingerprint density at radius 1 is 1.13 bits per heavy atom. The predicted molar refractivity (Wildman–Crippen MR) is 114 cm³/mol. The standard InChI is InChI=1S/C23H25ClN2O4/c1-15(27)25-19(16-4-7-18(24)8-5-16)14-23(28)26-10-2-3-20(26)17-6-9-21-22(13-17)30-12-11-29-21/h4-9,13,19-20H,2-3,10-12,14H2,1H3,(H,25,27)/t19-,20+/m1/s1. The zero-order valence-electron chi connectivity index (χ0n) is 16.9. The summed E-state index contributed by atoms with van der Waals surface area (Å²) in [5.41, 5.74) is 1.91. The van der Waals surface area contributed by atoms with Crippen LogP contribution in [0.25, 0.3) is 0 Å². The molecule has 30 heavy (non-hydrogen) atoms. The highest BCUT2D eigenvalue weighted by Gasteiger charge is 2.32. The average Bonchev–Trinajstić information content (AvgIpc) is 3.23. The molecule has 158 valence electrons. The van der Waals surface area contributed by atoms with Crippen LogP contribution in [-0.2, 0) is 9.59 Å². The number of likely N-dealkylation sites (tertiary alicyclic amines) is 1. The molecule has 2 aromatic carbocycles. The number of amides is 2. The van der Waals surface area contributed by atoms with Crippen molar-refractivity contribution in [3.05, 3.63) is 58.6 Å². The normalized spacial score (nSPS) is 18.7. The second-order valence-electron chi connectivity index (χ2n) is 7.66. The Bertz CT molecular complexity index is 931. The molecule has 7 heteroatoms. The van der Waals surface area contributed by atoms with Gasteiger partial charge >= 0.3 is 0 Å². The van der Waals surface area contributed by atoms with Crippen molar-refractivity contribution in [1.29, 1.82) is 0 Å². The van der Waals surface area contributed by atoms with Crippen molar-refractivity contribution < 1.29 is 19.1 Å². The Balaban J connectivity index is 1.52. The van der Waals surface area contributed by atoms with Crippen molar-refractivity contribution in [3.63, 3.8) is 0 Å². The lowest BCUT2D eigenvalue weighted by Crippen LogP contribution is -2.35. The van der Waals surface area contributed by atoms with Gasteiger partial charge in [-0.05, 0) is 48.2 Å². The first-order valence-corrected chi connectivity index (χ1v) is 10.6. The molecule has 0 spiro atoms. The number of nitrogens with zero attached hydrogens (tertiary/aromatic N) is 1. The second kappa shape index (κ2) is 8.96. The molecular weight excluding hydrogens is 404 g/mol. The van der Waals surface area contributed by atoms with Gasteiger partial charge in [0.15, 0.2) is 11.5 Å². The maximum absolute atomic E-state index is 13.2. The predicted octanol–water partition coefficient (Wildman–Crippen LogP) is 4.04. The van der Waals surface area contributed by atoms with Crippen LogP contribution in [0.4, 0.5) is 0 Å². The summed E-state index contributed by atoms with van der Waals surface area (Å²) in [4.78, 5) is 26.9. The van der Waals surface area contributed by atoms with Crippen molar-refractivity contribution in [2.45, 2.75) is 38.3 Å². The quantitative estimate of drug-likeness (QED) is 0.780. The summed E-state index contributed by atoms with van der Waals surface area (Å²) in [6.45, 7) is 3.24. The lowest BCUT2D eigenvalue weighted by Gasteiger charge is -2.28. The van der Waals surface area contributed by atoms with E-state index in [0.29, 0.717) is 24.8 Å². The third-order valence-electron chi connectivity index (χ3n) is 5.55. The van der Waals surface area contributed by atoms with Crippen molar-refractivity contribution in [3.8, 4) is 11.5 Å². The fraction of sp³-hybridized carbons (Fsp3) is 0.391. The largest absolute Gasteiger partial charge is 0.486 e. The van der Waals surface area contributed by atoms with E-state index in [1.807, 2.05) is 35.2 Å². The first-order chi connectivity index (χ1) is 14.5. The van der Waals surface area contributed by atoms with Crippen LogP contribution >= 0.6 is 11.6 Å². The Labute approximate surface area is 181 Å². The van der Waals surface area contributed by atoms with Gasteiger partial charge in [-0.15, -0.1) is 0 Å². The summed E-state index contributed by atoms with van der Waals surface area (Å²) in [6.07, 6.45) is 2.04. The molecule has 0 aliphatic carbocycles.